The Bertz CT molecular complexity index is 116. The fourth-order valence-electron chi connectivity index (χ4n) is 2.06. The molecule has 0 heterocycles. The Morgan fingerprint density at radius 3 is 2.75 bits per heavy atom. The molecule has 0 bridgehead atoms. The fraction of sp³-hybridized carbons (Fsp3) is 1.00. The molecule has 1 saturated carbocycles. The van der Waals surface area contributed by atoms with Gasteiger partial charge < -0.3 is 4.74 Å². The molecule has 0 aromatic rings. The highest BCUT2D eigenvalue weighted by molar-refractivity contribution is 7.80. The Morgan fingerprint density at radius 2 is 2.08 bits per heavy atom. The number of ether oxygens (including phenoxy) is 1. The van der Waals surface area contributed by atoms with Gasteiger partial charge in [-0.2, -0.15) is 12.6 Å². The SMILES string of the molecule is CCC1CCCCC1OCCS. The van der Waals surface area contributed by atoms with Crippen LogP contribution < -0.4 is 0 Å². The summed E-state index contributed by atoms with van der Waals surface area (Å²) >= 11 is 4.15. The van der Waals surface area contributed by atoms with Gasteiger partial charge in [0.1, 0.15) is 0 Å². The molecule has 12 heavy (non-hydrogen) atoms. The fourth-order valence-corrected chi connectivity index (χ4v) is 2.17. The van der Waals surface area contributed by atoms with Gasteiger partial charge in [0.05, 0.1) is 12.7 Å². The lowest BCUT2D eigenvalue weighted by atomic mass is 9.85. The highest BCUT2D eigenvalue weighted by Crippen LogP contribution is 2.28. The van der Waals surface area contributed by atoms with Crippen molar-refractivity contribution in [1.82, 2.24) is 0 Å². The number of rotatable bonds is 4. The summed E-state index contributed by atoms with van der Waals surface area (Å²) in [5.41, 5.74) is 0. The molecule has 1 aliphatic rings. The molecule has 0 saturated heterocycles. The predicted molar refractivity (Wildman–Crippen MR) is 55.8 cm³/mol. The van der Waals surface area contributed by atoms with Crippen LogP contribution in [0.4, 0.5) is 0 Å². The molecule has 1 aliphatic carbocycles. The van der Waals surface area contributed by atoms with E-state index in [2.05, 4.69) is 19.6 Å². The van der Waals surface area contributed by atoms with Crippen molar-refractivity contribution >= 4 is 12.6 Å². The first-order valence-electron chi connectivity index (χ1n) is 5.11. The average Bonchev–Trinajstić information content (AvgIpc) is 2.15. The number of thiol groups is 1. The van der Waals surface area contributed by atoms with E-state index < -0.39 is 0 Å². The smallest absolute Gasteiger partial charge is 0.0603 e. The molecule has 2 atom stereocenters. The maximum absolute atomic E-state index is 5.76. The van der Waals surface area contributed by atoms with Crippen molar-refractivity contribution in [3.05, 3.63) is 0 Å². The minimum absolute atomic E-state index is 0.538. The summed E-state index contributed by atoms with van der Waals surface area (Å²) in [6.07, 6.45) is 7.21. The Balaban J connectivity index is 2.26. The zero-order chi connectivity index (χ0) is 8.81. The Kier molecular flexibility index (Phi) is 5.08. The molecule has 0 radical (unpaired) electrons. The monoisotopic (exact) mass is 188 g/mol. The van der Waals surface area contributed by atoms with E-state index in [0.717, 1.165) is 18.3 Å². The molecular weight excluding hydrogens is 168 g/mol. The van der Waals surface area contributed by atoms with Gasteiger partial charge >= 0.3 is 0 Å². The van der Waals surface area contributed by atoms with Gasteiger partial charge in [-0.1, -0.05) is 26.2 Å². The van der Waals surface area contributed by atoms with E-state index in [0.29, 0.717) is 6.10 Å². The lowest BCUT2D eigenvalue weighted by Gasteiger charge is -2.30. The van der Waals surface area contributed by atoms with Gasteiger partial charge in [-0.25, -0.2) is 0 Å². The summed E-state index contributed by atoms with van der Waals surface area (Å²) in [7, 11) is 0. The largest absolute Gasteiger partial charge is 0.377 e. The molecule has 1 rings (SSSR count). The van der Waals surface area contributed by atoms with Gasteiger partial charge in [0.2, 0.25) is 0 Å². The number of hydrogen-bond donors (Lipinski definition) is 1. The second-order valence-electron chi connectivity index (χ2n) is 3.59. The highest BCUT2D eigenvalue weighted by Gasteiger charge is 2.23. The van der Waals surface area contributed by atoms with Crippen LogP contribution in [0.2, 0.25) is 0 Å². The van der Waals surface area contributed by atoms with Crippen molar-refractivity contribution in [2.24, 2.45) is 5.92 Å². The van der Waals surface area contributed by atoms with Crippen LogP contribution in [-0.2, 0) is 4.74 Å². The van der Waals surface area contributed by atoms with Gasteiger partial charge in [0.25, 0.3) is 0 Å². The molecule has 0 aromatic carbocycles. The topological polar surface area (TPSA) is 9.23 Å². The van der Waals surface area contributed by atoms with E-state index in [1.165, 1.54) is 32.1 Å². The summed E-state index contributed by atoms with van der Waals surface area (Å²) in [6, 6.07) is 0. The normalized spacial score (nSPS) is 30.5. The molecule has 0 amide bonds. The molecule has 0 aromatic heterocycles. The van der Waals surface area contributed by atoms with Crippen molar-refractivity contribution in [3.8, 4) is 0 Å². The van der Waals surface area contributed by atoms with E-state index in [1.807, 2.05) is 0 Å². The first-order valence-corrected chi connectivity index (χ1v) is 5.74. The molecule has 2 heteroatoms. The molecular formula is C10H20OS. The molecule has 0 N–H and O–H groups in total. The van der Waals surface area contributed by atoms with E-state index in [-0.39, 0.29) is 0 Å². The third-order valence-electron chi connectivity index (χ3n) is 2.79. The maximum atomic E-state index is 5.76. The van der Waals surface area contributed by atoms with E-state index >= 15 is 0 Å². The van der Waals surface area contributed by atoms with E-state index in [4.69, 9.17) is 4.74 Å². The zero-order valence-corrected chi connectivity index (χ0v) is 8.85. The third kappa shape index (κ3) is 2.98. The summed E-state index contributed by atoms with van der Waals surface area (Å²) in [6.45, 7) is 3.09. The van der Waals surface area contributed by atoms with Crippen molar-refractivity contribution in [1.29, 1.82) is 0 Å². The van der Waals surface area contributed by atoms with Crippen LogP contribution in [0, 0.1) is 5.92 Å². The quantitative estimate of drug-likeness (QED) is 0.667. The van der Waals surface area contributed by atoms with Gasteiger partial charge in [0, 0.05) is 5.75 Å². The van der Waals surface area contributed by atoms with Crippen LogP contribution >= 0.6 is 12.6 Å². The van der Waals surface area contributed by atoms with Crippen molar-refractivity contribution in [2.75, 3.05) is 12.4 Å². The van der Waals surface area contributed by atoms with Crippen LogP contribution in [0.1, 0.15) is 39.0 Å². The van der Waals surface area contributed by atoms with Gasteiger partial charge in [-0.05, 0) is 18.8 Å². The molecule has 0 spiro atoms. The Morgan fingerprint density at radius 1 is 1.33 bits per heavy atom. The maximum Gasteiger partial charge on any atom is 0.0603 e. The molecule has 2 unspecified atom stereocenters. The van der Waals surface area contributed by atoms with Crippen LogP contribution in [-0.4, -0.2) is 18.5 Å². The van der Waals surface area contributed by atoms with Crippen LogP contribution in [0.15, 0.2) is 0 Å². The van der Waals surface area contributed by atoms with Crippen LogP contribution in [0.3, 0.4) is 0 Å². The summed E-state index contributed by atoms with van der Waals surface area (Å²) < 4.78 is 5.76. The van der Waals surface area contributed by atoms with E-state index in [9.17, 15) is 0 Å². The molecule has 1 nitrogen and oxygen atoms in total. The summed E-state index contributed by atoms with van der Waals surface area (Å²) in [5, 5.41) is 0. The average molecular weight is 188 g/mol. The van der Waals surface area contributed by atoms with Crippen molar-refractivity contribution in [3.63, 3.8) is 0 Å². The van der Waals surface area contributed by atoms with E-state index in [1.54, 1.807) is 0 Å². The Hall–Kier alpha value is 0.310. The standard InChI is InChI=1S/C10H20OS/c1-2-9-5-3-4-6-10(9)11-7-8-12/h9-10,12H,2-8H2,1H3. The zero-order valence-electron chi connectivity index (χ0n) is 7.96. The first-order chi connectivity index (χ1) is 5.88. The first kappa shape index (κ1) is 10.4. The van der Waals surface area contributed by atoms with Gasteiger partial charge in [-0.3, -0.25) is 0 Å². The molecule has 1 fully saturated rings. The van der Waals surface area contributed by atoms with Crippen LogP contribution in [0.5, 0.6) is 0 Å². The van der Waals surface area contributed by atoms with Crippen LogP contribution in [0.25, 0.3) is 0 Å². The molecule has 72 valence electrons. The lowest BCUT2D eigenvalue weighted by Crippen LogP contribution is -2.27. The predicted octanol–water partition coefficient (Wildman–Crippen LogP) is 2.90. The highest BCUT2D eigenvalue weighted by atomic mass is 32.1. The Labute approximate surface area is 81.3 Å². The second kappa shape index (κ2) is 5.87. The van der Waals surface area contributed by atoms with Gasteiger partial charge in [-0.15, -0.1) is 0 Å². The van der Waals surface area contributed by atoms with Crippen molar-refractivity contribution in [2.45, 2.75) is 45.1 Å². The molecule has 0 aliphatic heterocycles. The second-order valence-corrected chi connectivity index (χ2v) is 4.03. The van der Waals surface area contributed by atoms with Gasteiger partial charge in [0.15, 0.2) is 0 Å². The lowest BCUT2D eigenvalue weighted by molar-refractivity contribution is -0.00386. The summed E-state index contributed by atoms with van der Waals surface area (Å²) in [4.78, 5) is 0. The minimum Gasteiger partial charge on any atom is -0.377 e. The van der Waals surface area contributed by atoms with Crippen molar-refractivity contribution < 1.29 is 4.74 Å². The minimum atomic E-state index is 0.538. The number of hydrogen-bond acceptors (Lipinski definition) is 2. The third-order valence-corrected chi connectivity index (χ3v) is 2.97. The summed E-state index contributed by atoms with van der Waals surface area (Å²) in [5.74, 6) is 1.67.